The molecule has 0 saturated heterocycles. The Labute approximate surface area is 110 Å². The third kappa shape index (κ3) is 4.14. The van der Waals surface area contributed by atoms with Gasteiger partial charge in [0, 0.05) is 16.2 Å². The molecule has 1 N–H and O–H groups in total. The van der Waals surface area contributed by atoms with Gasteiger partial charge in [-0.1, -0.05) is 6.58 Å². The van der Waals surface area contributed by atoms with Crippen molar-refractivity contribution >= 4 is 22.6 Å². The summed E-state index contributed by atoms with van der Waals surface area (Å²) in [5, 5.41) is 3.42. The van der Waals surface area contributed by atoms with Gasteiger partial charge in [-0.25, -0.2) is 0 Å². The molecule has 3 heteroatoms. The van der Waals surface area contributed by atoms with E-state index in [-0.39, 0.29) is 0 Å². The fraction of sp³-hybridized carbons (Fsp3) is 0.385. The zero-order chi connectivity index (χ0) is 11.4. The number of ether oxygens (including phenoxy) is 1. The number of halogens is 1. The maximum atomic E-state index is 5.63. The van der Waals surface area contributed by atoms with E-state index >= 15 is 0 Å². The molecule has 1 aromatic carbocycles. The van der Waals surface area contributed by atoms with Gasteiger partial charge >= 0.3 is 0 Å². The number of nitrogens with one attached hydrogen (secondary N) is 1. The Bertz CT molecular complexity index is 357. The highest BCUT2D eigenvalue weighted by Gasteiger charge is 2.19. The molecule has 0 radical (unpaired) electrons. The Kier molecular flexibility index (Phi) is 4.23. The largest absolute Gasteiger partial charge is 0.489 e. The van der Waals surface area contributed by atoms with Gasteiger partial charge < -0.3 is 10.1 Å². The predicted octanol–water partition coefficient (Wildman–Crippen LogP) is 2.98. The summed E-state index contributed by atoms with van der Waals surface area (Å²) in [6.45, 7) is 5.47. The molecule has 0 bridgehead atoms. The summed E-state index contributed by atoms with van der Waals surface area (Å²) in [7, 11) is 0. The molecule has 2 nitrogen and oxygen atoms in total. The second kappa shape index (κ2) is 5.68. The topological polar surface area (TPSA) is 21.3 Å². The molecule has 0 spiro atoms. The Morgan fingerprint density at radius 3 is 2.69 bits per heavy atom. The van der Waals surface area contributed by atoms with Crippen molar-refractivity contribution in [3.63, 3.8) is 0 Å². The lowest BCUT2D eigenvalue weighted by Crippen LogP contribution is -2.21. The molecule has 0 aromatic heterocycles. The van der Waals surface area contributed by atoms with Crippen molar-refractivity contribution in [2.24, 2.45) is 0 Å². The summed E-state index contributed by atoms with van der Waals surface area (Å²) in [6.07, 6.45) is 2.62. The number of hydrogen-bond acceptors (Lipinski definition) is 2. The lowest BCUT2D eigenvalue weighted by Gasteiger charge is -2.09. The van der Waals surface area contributed by atoms with E-state index in [9.17, 15) is 0 Å². The van der Waals surface area contributed by atoms with Crippen LogP contribution in [0.5, 0.6) is 5.75 Å². The van der Waals surface area contributed by atoms with Crippen molar-refractivity contribution in [3.8, 4) is 5.75 Å². The molecule has 1 fully saturated rings. The van der Waals surface area contributed by atoms with E-state index in [1.54, 1.807) is 0 Å². The first-order chi connectivity index (χ1) is 7.74. The quantitative estimate of drug-likeness (QED) is 0.640. The molecule has 0 atom stereocenters. The second-order valence-electron chi connectivity index (χ2n) is 4.15. The van der Waals surface area contributed by atoms with E-state index in [1.807, 2.05) is 24.3 Å². The predicted molar refractivity (Wildman–Crippen MR) is 74.8 cm³/mol. The highest BCUT2D eigenvalue weighted by Crippen LogP contribution is 2.18. The van der Waals surface area contributed by atoms with Gasteiger partial charge in [0.25, 0.3) is 0 Å². The Morgan fingerprint density at radius 1 is 1.38 bits per heavy atom. The summed E-state index contributed by atoms with van der Waals surface area (Å²) in [5.41, 5.74) is 1.10. The maximum absolute atomic E-state index is 5.63. The van der Waals surface area contributed by atoms with Gasteiger partial charge in [0.05, 0.1) is 0 Å². The normalized spacial score (nSPS) is 14.8. The zero-order valence-corrected chi connectivity index (χ0v) is 11.4. The monoisotopic (exact) mass is 329 g/mol. The van der Waals surface area contributed by atoms with E-state index in [2.05, 4.69) is 34.5 Å². The molecule has 0 aliphatic heterocycles. The molecule has 16 heavy (non-hydrogen) atoms. The third-order valence-electron chi connectivity index (χ3n) is 2.47. The van der Waals surface area contributed by atoms with Crippen LogP contribution in [0.1, 0.15) is 12.8 Å². The molecule has 0 unspecified atom stereocenters. The number of benzene rings is 1. The van der Waals surface area contributed by atoms with E-state index in [0.717, 1.165) is 23.9 Å². The molecular formula is C13H16INO. The van der Waals surface area contributed by atoms with Crippen LogP contribution in [0.4, 0.5) is 0 Å². The minimum Gasteiger partial charge on any atom is -0.489 e. The molecule has 0 amide bonds. The van der Waals surface area contributed by atoms with Crippen LogP contribution in [0.2, 0.25) is 0 Å². The van der Waals surface area contributed by atoms with Gasteiger partial charge in [0.2, 0.25) is 0 Å². The van der Waals surface area contributed by atoms with Gasteiger partial charge in [-0.05, 0) is 65.3 Å². The van der Waals surface area contributed by atoms with Crippen LogP contribution in [0.3, 0.4) is 0 Å². The van der Waals surface area contributed by atoms with Gasteiger partial charge in [-0.2, -0.15) is 0 Å². The molecule has 0 heterocycles. The number of rotatable bonds is 6. The highest BCUT2D eigenvalue weighted by atomic mass is 127. The van der Waals surface area contributed by atoms with E-state index in [1.165, 1.54) is 16.4 Å². The van der Waals surface area contributed by atoms with Crippen molar-refractivity contribution in [1.82, 2.24) is 5.32 Å². The third-order valence-corrected chi connectivity index (χ3v) is 3.19. The minimum absolute atomic E-state index is 0.598. The summed E-state index contributed by atoms with van der Waals surface area (Å²) >= 11 is 2.28. The fourth-order valence-corrected chi connectivity index (χ4v) is 1.70. The molecule has 86 valence electrons. The van der Waals surface area contributed by atoms with E-state index in [0.29, 0.717) is 6.61 Å². The van der Waals surface area contributed by atoms with Gasteiger partial charge in [0.15, 0.2) is 0 Å². The van der Waals surface area contributed by atoms with Gasteiger partial charge in [-0.3, -0.25) is 0 Å². The summed E-state index contributed by atoms with van der Waals surface area (Å²) in [4.78, 5) is 0. The first-order valence-electron chi connectivity index (χ1n) is 5.52. The molecule has 1 aromatic rings. The van der Waals surface area contributed by atoms with Crippen LogP contribution in [-0.2, 0) is 0 Å². The molecular weight excluding hydrogens is 313 g/mol. The second-order valence-corrected chi connectivity index (χ2v) is 5.39. The lowest BCUT2D eigenvalue weighted by molar-refractivity contribution is 0.348. The van der Waals surface area contributed by atoms with Crippen LogP contribution in [0.25, 0.3) is 0 Å². The first-order valence-corrected chi connectivity index (χ1v) is 6.60. The maximum Gasteiger partial charge on any atom is 0.119 e. The van der Waals surface area contributed by atoms with Crippen molar-refractivity contribution < 1.29 is 4.74 Å². The van der Waals surface area contributed by atoms with E-state index in [4.69, 9.17) is 4.74 Å². The average Bonchev–Trinajstić information content (AvgIpc) is 3.09. The lowest BCUT2D eigenvalue weighted by atomic mass is 10.3. The standard InChI is InChI=1S/C13H16INO/c1-10(8-15-12-4-5-12)9-16-13-6-2-11(14)3-7-13/h2-3,6-7,12,15H,1,4-5,8-9H2. The van der Waals surface area contributed by atoms with Crippen LogP contribution >= 0.6 is 22.6 Å². The first kappa shape index (κ1) is 11.9. The van der Waals surface area contributed by atoms with Gasteiger partial charge in [0.1, 0.15) is 12.4 Å². The fourth-order valence-electron chi connectivity index (χ4n) is 1.34. The van der Waals surface area contributed by atoms with Crippen molar-refractivity contribution in [3.05, 3.63) is 40.0 Å². The van der Waals surface area contributed by atoms with E-state index < -0.39 is 0 Å². The molecule has 1 aliphatic carbocycles. The highest BCUT2D eigenvalue weighted by molar-refractivity contribution is 14.1. The van der Waals surface area contributed by atoms with Crippen molar-refractivity contribution in [2.75, 3.05) is 13.2 Å². The minimum atomic E-state index is 0.598. The smallest absolute Gasteiger partial charge is 0.119 e. The van der Waals surface area contributed by atoms with Crippen LogP contribution in [0.15, 0.2) is 36.4 Å². The van der Waals surface area contributed by atoms with Crippen molar-refractivity contribution in [2.45, 2.75) is 18.9 Å². The van der Waals surface area contributed by atoms with Crippen molar-refractivity contribution in [1.29, 1.82) is 0 Å². The van der Waals surface area contributed by atoms with Crippen LogP contribution in [-0.4, -0.2) is 19.2 Å². The molecule has 1 aliphatic rings. The number of hydrogen-bond donors (Lipinski definition) is 1. The average molecular weight is 329 g/mol. The summed E-state index contributed by atoms with van der Waals surface area (Å²) in [5.74, 6) is 0.910. The Hall–Kier alpha value is -0.550. The van der Waals surface area contributed by atoms with Crippen LogP contribution < -0.4 is 10.1 Å². The SMILES string of the molecule is C=C(CNC1CC1)COc1ccc(I)cc1. The van der Waals surface area contributed by atoms with Gasteiger partial charge in [-0.15, -0.1) is 0 Å². The summed E-state index contributed by atoms with van der Waals surface area (Å²) < 4.78 is 6.85. The summed E-state index contributed by atoms with van der Waals surface area (Å²) in [6, 6.07) is 8.80. The molecule has 2 rings (SSSR count). The van der Waals surface area contributed by atoms with Crippen LogP contribution in [0, 0.1) is 3.57 Å². The zero-order valence-electron chi connectivity index (χ0n) is 9.21. The molecule has 1 saturated carbocycles. The Morgan fingerprint density at radius 2 is 2.06 bits per heavy atom. The Balaban J connectivity index is 1.69.